The summed E-state index contributed by atoms with van der Waals surface area (Å²) < 4.78 is 46.8. The van der Waals surface area contributed by atoms with Gasteiger partial charge >= 0.3 is 0 Å². The fourth-order valence-electron chi connectivity index (χ4n) is 3.10. The van der Waals surface area contributed by atoms with E-state index in [1.54, 1.807) is 11.4 Å². The minimum Gasteiger partial charge on any atom is -0.494 e. The number of para-hydroxylation sites is 1. The van der Waals surface area contributed by atoms with Crippen LogP contribution in [0, 0.1) is 5.82 Å². The average molecular weight is 477 g/mol. The molecule has 0 aliphatic rings. The van der Waals surface area contributed by atoms with Crippen LogP contribution in [0.25, 0.3) is 0 Å². The second kappa shape index (κ2) is 11.1. The molecule has 32 heavy (non-hydrogen) atoms. The fraction of sp³-hybridized carbons (Fsp3) is 0.261. The Morgan fingerprint density at radius 3 is 2.50 bits per heavy atom. The van der Waals surface area contributed by atoms with E-state index in [0.717, 1.165) is 33.4 Å². The van der Waals surface area contributed by atoms with Crippen LogP contribution in [-0.4, -0.2) is 34.0 Å². The lowest BCUT2D eigenvalue weighted by molar-refractivity contribution is -0.119. The van der Waals surface area contributed by atoms with Gasteiger partial charge in [-0.3, -0.25) is 9.10 Å². The van der Waals surface area contributed by atoms with Crippen molar-refractivity contribution in [2.75, 3.05) is 24.0 Å². The zero-order valence-corrected chi connectivity index (χ0v) is 19.3. The summed E-state index contributed by atoms with van der Waals surface area (Å²) in [7, 11) is -4.07. The largest absolute Gasteiger partial charge is 0.494 e. The van der Waals surface area contributed by atoms with Crippen molar-refractivity contribution in [1.29, 1.82) is 0 Å². The van der Waals surface area contributed by atoms with Crippen molar-refractivity contribution >= 4 is 33.0 Å². The Bertz CT molecular complexity index is 1120. The third kappa shape index (κ3) is 6.08. The summed E-state index contributed by atoms with van der Waals surface area (Å²) >= 11 is 1.02. The number of sulfonamides is 1. The standard InChI is InChI=1S/C23H25FN2O4S2/c1-2-30-19-13-11-18(12-14-19)7-5-15-25-22(27)17-26(21-9-4-3-8-20(21)24)32(28,29)23-10-6-16-31-23/h3-4,6,8-14,16H,2,5,7,15,17H2,1H3,(H,25,27). The first kappa shape index (κ1) is 23.7. The quantitative estimate of drug-likeness (QED) is 0.420. The molecule has 0 radical (unpaired) electrons. The van der Waals surface area contributed by atoms with E-state index in [0.29, 0.717) is 19.6 Å². The molecule has 1 heterocycles. The second-order valence-corrected chi connectivity index (χ2v) is 9.96. The number of benzene rings is 2. The summed E-state index contributed by atoms with van der Waals surface area (Å²) in [5, 5.41) is 4.35. The van der Waals surface area contributed by atoms with E-state index >= 15 is 0 Å². The molecule has 0 spiro atoms. The van der Waals surface area contributed by atoms with Crippen LogP contribution in [0.1, 0.15) is 18.9 Å². The monoisotopic (exact) mass is 476 g/mol. The first-order valence-corrected chi connectivity index (χ1v) is 12.5. The summed E-state index contributed by atoms with van der Waals surface area (Å²) in [6.45, 7) is 2.40. The van der Waals surface area contributed by atoms with Gasteiger partial charge < -0.3 is 10.1 Å². The summed E-state index contributed by atoms with van der Waals surface area (Å²) in [4.78, 5) is 12.5. The van der Waals surface area contributed by atoms with Gasteiger partial charge in [0.1, 0.15) is 22.3 Å². The van der Waals surface area contributed by atoms with Gasteiger partial charge in [-0.2, -0.15) is 0 Å². The van der Waals surface area contributed by atoms with Gasteiger partial charge in [-0.1, -0.05) is 30.3 Å². The van der Waals surface area contributed by atoms with Gasteiger partial charge in [0.25, 0.3) is 10.0 Å². The van der Waals surface area contributed by atoms with Crippen molar-refractivity contribution in [2.45, 2.75) is 24.0 Å². The third-order valence-corrected chi connectivity index (χ3v) is 7.78. The number of nitrogens with zero attached hydrogens (tertiary/aromatic N) is 1. The van der Waals surface area contributed by atoms with Crippen molar-refractivity contribution < 1.29 is 22.3 Å². The molecule has 0 bridgehead atoms. The highest BCUT2D eigenvalue weighted by Gasteiger charge is 2.29. The fourth-order valence-corrected chi connectivity index (χ4v) is 5.63. The molecule has 1 N–H and O–H groups in total. The van der Waals surface area contributed by atoms with Crippen LogP contribution < -0.4 is 14.4 Å². The number of carbonyl (C=O) groups is 1. The van der Waals surface area contributed by atoms with E-state index < -0.39 is 28.3 Å². The van der Waals surface area contributed by atoms with Crippen molar-refractivity contribution in [2.24, 2.45) is 0 Å². The highest BCUT2D eigenvalue weighted by molar-refractivity contribution is 7.94. The van der Waals surface area contributed by atoms with Gasteiger partial charge in [-0.05, 0) is 61.0 Å². The predicted octanol–water partition coefficient (Wildman–Crippen LogP) is 4.23. The van der Waals surface area contributed by atoms with E-state index in [9.17, 15) is 17.6 Å². The topological polar surface area (TPSA) is 75.7 Å². The molecule has 3 aromatic rings. The molecule has 0 aliphatic heterocycles. The molecule has 0 fully saturated rings. The lowest BCUT2D eigenvalue weighted by Gasteiger charge is -2.23. The highest BCUT2D eigenvalue weighted by Crippen LogP contribution is 2.28. The minimum atomic E-state index is -4.07. The highest BCUT2D eigenvalue weighted by atomic mass is 32.2. The van der Waals surface area contributed by atoms with Crippen LogP contribution in [0.2, 0.25) is 0 Å². The van der Waals surface area contributed by atoms with Gasteiger partial charge in [-0.15, -0.1) is 11.3 Å². The normalized spacial score (nSPS) is 11.2. The molecular formula is C23H25FN2O4S2. The molecular weight excluding hydrogens is 451 g/mol. The van der Waals surface area contributed by atoms with Crippen LogP contribution >= 0.6 is 11.3 Å². The molecule has 1 aromatic heterocycles. The Balaban J connectivity index is 1.61. The number of thiophene rings is 1. The number of ether oxygens (including phenoxy) is 1. The number of halogens is 1. The maximum Gasteiger partial charge on any atom is 0.274 e. The predicted molar refractivity (Wildman–Crippen MR) is 124 cm³/mol. The Kier molecular flexibility index (Phi) is 8.24. The second-order valence-electron chi connectivity index (χ2n) is 6.93. The van der Waals surface area contributed by atoms with Crippen molar-refractivity contribution in [3.63, 3.8) is 0 Å². The van der Waals surface area contributed by atoms with E-state index in [1.165, 1.54) is 30.3 Å². The minimum absolute atomic E-state index is 0.0454. The SMILES string of the molecule is CCOc1ccc(CCCNC(=O)CN(c2ccccc2F)S(=O)(=O)c2cccs2)cc1. The van der Waals surface area contributed by atoms with Crippen molar-refractivity contribution in [1.82, 2.24) is 5.32 Å². The number of amides is 1. The maximum atomic E-state index is 14.4. The van der Waals surface area contributed by atoms with Crippen LogP contribution in [0.3, 0.4) is 0 Å². The van der Waals surface area contributed by atoms with Crippen LogP contribution in [0.15, 0.2) is 70.3 Å². The third-order valence-electron chi connectivity index (χ3n) is 4.65. The van der Waals surface area contributed by atoms with Gasteiger partial charge in [-0.25, -0.2) is 12.8 Å². The summed E-state index contributed by atoms with van der Waals surface area (Å²) in [6.07, 6.45) is 1.42. The molecule has 0 atom stereocenters. The van der Waals surface area contributed by atoms with E-state index in [1.807, 2.05) is 31.2 Å². The lowest BCUT2D eigenvalue weighted by atomic mass is 10.1. The van der Waals surface area contributed by atoms with E-state index in [-0.39, 0.29) is 9.90 Å². The first-order chi connectivity index (χ1) is 15.4. The van der Waals surface area contributed by atoms with Gasteiger partial charge in [0.15, 0.2) is 0 Å². The zero-order valence-electron chi connectivity index (χ0n) is 17.7. The number of hydrogen-bond donors (Lipinski definition) is 1. The lowest BCUT2D eigenvalue weighted by Crippen LogP contribution is -2.41. The Hall–Kier alpha value is -2.91. The number of hydrogen-bond acceptors (Lipinski definition) is 5. The molecule has 6 nitrogen and oxygen atoms in total. The molecule has 3 rings (SSSR count). The van der Waals surface area contributed by atoms with Crippen LogP contribution in [0.5, 0.6) is 5.75 Å². The summed E-state index contributed by atoms with van der Waals surface area (Å²) in [6, 6.07) is 16.3. The Morgan fingerprint density at radius 2 is 1.84 bits per heavy atom. The van der Waals surface area contributed by atoms with Crippen LogP contribution in [-0.2, 0) is 21.2 Å². The number of aryl methyl sites for hydroxylation is 1. The maximum absolute atomic E-state index is 14.4. The first-order valence-electron chi connectivity index (χ1n) is 10.2. The smallest absolute Gasteiger partial charge is 0.274 e. The van der Waals surface area contributed by atoms with Gasteiger partial charge in [0.05, 0.1) is 12.3 Å². The number of rotatable bonds is 11. The number of nitrogens with one attached hydrogen (secondary N) is 1. The summed E-state index contributed by atoms with van der Waals surface area (Å²) in [5.74, 6) is -0.402. The molecule has 9 heteroatoms. The molecule has 0 saturated carbocycles. The van der Waals surface area contributed by atoms with E-state index in [2.05, 4.69) is 5.32 Å². The Labute approximate surface area is 191 Å². The molecule has 0 unspecified atom stereocenters. The van der Waals surface area contributed by atoms with Crippen molar-refractivity contribution in [3.05, 3.63) is 77.4 Å². The average Bonchev–Trinajstić information content (AvgIpc) is 3.33. The molecule has 1 amide bonds. The van der Waals surface area contributed by atoms with Gasteiger partial charge in [0, 0.05) is 6.54 Å². The molecule has 2 aromatic carbocycles. The van der Waals surface area contributed by atoms with E-state index in [4.69, 9.17) is 4.74 Å². The Morgan fingerprint density at radius 1 is 1.09 bits per heavy atom. The van der Waals surface area contributed by atoms with Gasteiger partial charge in [0.2, 0.25) is 5.91 Å². The molecule has 170 valence electrons. The zero-order chi connectivity index (χ0) is 23.0. The summed E-state index contributed by atoms with van der Waals surface area (Å²) in [5.41, 5.74) is 0.946. The van der Waals surface area contributed by atoms with Crippen molar-refractivity contribution in [3.8, 4) is 5.75 Å². The van der Waals surface area contributed by atoms with Crippen LogP contribution in [0.4, 0.5) is 10.1 Å². The number of anilines is 1. The molecule has 0 saturated heterocycles. The molecule has 0 aliphatic carbocycles. The number of carbonyl (C=O) groups excluding carboxylic acids is 1.